The summed E-state index contributed by atoms with van der Waals surface area (Å²) in [7, 11) is 0. The first-order chi connectivity index (χ1) is 10.0. The number of aromatic nitrogens is 6. The molecule has 0 aliphatic rings. The molecule has 2 rings (SSSR count). The Morgan fingerprint density at radius 2 is 1.90 bits per heavy atom. The van der Waals surface area contributed by atoms with E-state index >= 15 is 0 Å². The molecule has 2 N–H and O–H groups in total. The van der Waals surface area contributed by atoms with Crippen LogP contribution < -0.4 is 10.6 Å². The Labute approximate surface area is 128 Å². The van der Waals surface area contributed by atoms with Crippen molar-refractivity contribution >= 4 is 23.7 Å². The summed E-state index contributed by atoms with van der Waals surface area (Å²) in [6.45, 7) is 7.80. The number of anilines is 2. The molecule has 0 aliphatic carbocycles. The van der Waals surface area contributed by atoms with Crippen LogP contribution in [-0.4, -0.2) is 53.8 Å². The molecule has 0 aliphatic heterocycles. The van der Waals surface area contributed by atoms with Crippen molar-refractivity contribution in [1.82, 2.24) is 29.7 Å². The van der Waals surface area contributed by atoms with Crippen molar-refractivity contribution in [2.75, 3.05) is 30.0 Å². The van der Waals surface area contributed by atoms with Crippen LogP contribution in [0.1, 0.15) is 20.8 Å². The van der Waals surface area contributed by atoms with Crippen molar-refractivity contribution in [3.8, 4) is 5.95 Å². The highest BCUT2D eigenvalue weighted by Crippen LogP contribution is 2.21. The van der Waals surface area contributed by atoms with Crippen molar-refractivity contribution in [3.05, 3.63) is 12.7 Å². The first kappa shape index (κ1) is 15.5. The molecule has 0 bridgehead atoms. The van der Waals surface area contributed by atoms with E-state index in [1.807, 2.05) is 6.92 Å². The molecule has 114 valence electrons. The third-order valence-corrected chi connectivity index (χ3v) is 4.06. The average molecular weight is 308 g/mol. The van der Waals surface area contributed by atoms with Crippen LogP contribution in [0.4, 0.5) is 11.9 Å². The lowest BCUT2D eigenvalue weighted by molar-refractivity contribution is 0.739. The lowest BCUT2D eigenvalue weighted by Gasteiger charge is -2.22. The van der Waals surface area contributed by atoms with E-state index < -0.39 is 0 Å². The minimum Gasteiger partial charge on any atom is -0.354 e. The summed E-state index contributed by atoms with van der Waals surface area (Å²) in [6.07, 6.45) is 5.08. The normalized spacial score (nSPS) is 11.4. The topological polar surface area (TPSA) is 93.4 Å². The fourth-order valence-corrected chi connectivity index (χ4v) is 1.68. The summed E-state index contributed by atoms with van der Waals surface area (Å²) in [4.78, 5) is 17.0. The molecule has 9 heteroatoms. The second-order valence-corrected chi connectivity index (χ2v) is 6.48. The lowest BCUT2D eigenvalue weighted by Crippen LogP contribution is -2.27. The van der Waals surface area contributed by atoms with Crippen molar-refractivity contribution in [1.29, 1.82) is 0 Å². The van der Waals surface area contributed by atoms with Crippen molar-refractivity contribution in [3.63, 3.8) is 0 Å². The van der Waals surface area contributed by atoms with E-state index in [1.54, 1.807) is 18.1 Å². The molecular formula is C12H20N8S. The lowest BCUT2D eigenvalue weighted by atomic mass is 10.2. The quantitative estimate of drug-likeness (QED) is 0.793. The Morgan fingerprint density at radius 1 is 1.19 bits per heavy atom. The Bertz CT molecular complexity index is 569. The van der Waals surface area contributed by atoms with E-state index in [2.05, 4.69) is 55.8 Å². The van der Waals surface area contributed by atoms with Gasteiger partial charge in [-0.1, -0.05) is 0 Å². The van der Waals surface area contributed by atoms with Gasteiger partial charge in [0.2, 0.25) is 11.9 Å². The van der Waals surface area contributed by atoms with E-state index in [0.717, 1.165) is 13.1 Å². The van der Waals surface area contributed by atoms with Crippen LogP contribution in [0.5, 0.6) is 0 Å². The second-order valence-electron chi connectivity index (χ2n) is 4.97. The van der Waals surface area contributed by atoms with Gasteiger partial charge in [-0.2, -0.15) is 36.5 Å². The maximum absolute atomic E-state index is 4.37. The molecule has 0 saturated heterocycles. The van der Waals surface area contributed by atoms with Gasteiger partial charge < -0.3 is 10.6 Å². The molecule has 2 heterocycles. The summed E-state index contributed by atoms with van der Waals surface area (Å²) in [5, 5.41) is 10.4. The van der Waals surface area contributed by atoms with Crippen LogP contribution in [0.25, 0.3) is 5.95 Å². The number of rotatable bonds is 7. The second kappa shape index (κ2) is 6.70. The Kier molecular flexibility index (Phi) is 4.94. The zero-order chi connectivity index (χ0) is 15.3. The standard InChI is InChI=1S/C12H20N8S/c1-5-14-9-17-10(15-6-12(2,3)21-4)19-11(18-9)20-8-13-7-16-20/h7-8H,5-6H2,1-4H3,(H2,14,15,17,18,19). The smallest absolute Gasteiger partial charge is 0.258 e. The van der Waals surface area contributed by atoms with Gasteiger partial charge in [0.1, 0.15) is 12.7 Å². The maximum Gasteiger partial charge on any atom is 0.258 e. The highest BCUT2D eigenvalue weighted by atomic mass is 32.2. The SMILES string of the molecule is CCNc1nc(NCC(C)(C)SC)nc(-n2cncn2)n1. The van der Waals surface area contributed by atoms with Crippen LogP contribution in [0.2, 0.25) is 0 Å². The fourth-order valence-electron chi connectivity index (χ4n) is 1.46. The number of nitrogens with one attached hydrogen (secondary N) is 2. The molecular weight excluding hydrogens is 288 g/mol. The maximum atomic E-state index is 4.37. The number of hydrogen-bond acceptors (Lipinski definition) is 8. The number of nitrogens with zero attached hydrogens (tertiary/aromatic N) is 6. The van der Waals surface area contributed by atoms with Gasteiger partial charge in [-0.25, -0.2) is 4.98 Å². The van der Waals surface area contributed by atoms with Gasteiger partial charge in [0.25, 0.3) is 5.95 Å². The summed E-state index contributed by atoms with van der Waals surface area (Å²) < 4.78 is 1.60. The van der Waals surface area contributed by atoms with Gasteiger partial charge in [0.15, 0.2) is 0 Å². The Morgan fingerprint density at radius 3 is 2.48 bits per heavy atom. The fraction of sp³-hybridized carbons (Fsp3) is 0.583. The van der Waals surface area contributed by atoms with E-state index in [1.165, 1.54) is 11.0 Å². The zero-order valence-corrected chi connectivity index (χ0v) is 13.5. The molecule has 0 fully saturated rings. The number of thioether (sulfide) groups is 1. The molecule has 8 nitrogen and oxygen atoms in total. The highest BCUT2D eigenvalue weighted by molar-refractivity contribution is 7.99. The summed E-state index contributed by atoms with van der Waals surface area (Å²) >= 11 is 1.79. The summed E-state index contributed by atoms with van der Waals surface area (Å²) in [5.74, 6) is 1.47. The van der Waals surface area contributed by atoms with E-state index in [9.17, 15) is 0 Å². The molecule has 0 spiro atoms. The molecule has 0 aromatic carbocycles. The van der Waals surface area contributed by atoms with Crippen molar-refractivity contribution in [2.24, 2.45) is 0 Å². The molecule has 0 atom stereocenters. The largest absolute Gasteiger partial charge is 0.354 e. The van der Waals surface area contributed by atoms with Gasteiger partial charge in [0, 0.05) is 17.8 Å². The van der Waals surface area contributed by atoms with Crippen LogP contribution in [-0.2, 0) is 0 Å². The molecule has 0 amide bonds. The molecule has 0 radical (unpaired) electrons. The number of hydrogen-bond donors (Lipinski definition) is 2. The zero-order valence-electron chi connectivity index (χ0n) is 12.7. The van der Waals surface area contributed by atoms with Crippen LogP contribution in [0.15, 0.2) is 12.7 Å². The van der Waals surface area contributed by atoms with Gasteiger partial charge >= 0.3 is 0 Å². The highest BCUT2D eigenvalue weighted by Gasteiger charge is 2.17. The molecule has 2 aromatic heterocycles. The molecule has 0 unspecified atom stereocenters. The van der Waals surface area contributed by atoms with Gasteiger partial charge in [0.05, 0.1) is 0 Å². The van der Waals surface area contributed by atoms with Crippen LogP contribution in [0, 0.1) is 0 Å². The first-order valence-corrected chi connectivity index (χ1v) is 7.90. The summed E-state index contributed by atoms with van der Waals surface area (Å²) in [6, 6.07) is 0. The Balaban J connectivity index is 2.24. The predicted molar refractivity (Wildman–Crippen MR) is 85.0 cm³/mol. The first-order valence-electron chi connectivity index (χ1n) is 6.68. The third kappa shape index (κ3) is 4.28. The van der Waals surface area contributed by atoms with Gasteiger partial charge in [-0.05, 0) is 27.0 Å². The monoisotopic (exact) mass is 308 g/mol. The minimum atomic E-state index is 0.0956. The van der Waals surface area contributed by atoms with Crippen molar-refractivity contribution < 1.29 is 0 Å². The van der Waals surface area contributed by atoms with Crippen LogP contribution >= 0.6 is 11.8 Å². The van der Waals surface area contributed by atoms with Gasteiger partial charge in [-0.15, -0.1) is 0 Å². The van der Waals surface area contributed by atoms with E-state index in [-0.39, 0.29) is 4.75 Å². The summed E-state index contributed by atoms with van der Waals surface area (Å²) in [5.41, 5.74) is 0. The van der Waals surface area contributed by atoms with Crippen LogP contribution in [0.3, 0.4) is 0 Å². The van der Waals surface area contributed by atoms with Gasteiger partial charge in [-0.3, -0.25) is 0 Å². The average Bonchev–Trinajstić information content (AvgIpc) is 3.00. The predicted octanol–water partition coefficient (Wildman–Crippen LogP) is 1.44. The molecule has 21 heavy (non-hydrogen) atoms. The third-order valence-electron chi connectivity index (χ3n) is 2.81. The van der Waals surface area contributed by atoms with Crippen molar-refractivity contribution in [2.45, 2.75) is 25.5 Å². The Hall–Kier alpha value is -1.90. The minimum absolute atomic E-state index is 0.0956. The molecule has 2 aromatic rings. The van der Waals surface area contributed by atoms with E-state index in [0.29, 0.717) is 17.8 Å². The molecule has 0 saturated carbocycles. The van der Waals surface area contributed by atoms with E-state index in [4.69, 9.17) is 0 Å².